The molecule has 0 aromatic heterocycles. The Balaban J connectivity index is 1.98. The first kappa shape index (κ1) is 20.2. The maximum atomic E-state index is 14.3. The molecule has 0 bridgehead atoms. The summed E-state index contributed by atoms with van der Waals surface area (Å²) in [5.74, 6) is 0.926. The van der Waals surface area contributed by atoms with Crippen LogP contribution in [0, 0.1) is 5.82 Å². The molecule has 3 aromatic rings. The van der Waals surface area contributed by atoms with Crippen LogP contribution in [0.15, 0.2) is 66.7 Å². The van der Waals surface area contributed by atoms with Crippen molar-refractivity contribution in [2.45, 2.75) is 13.5 Å². The molecule has 0 spiro atoms. The SMILES string of the molecule is COc1cc(OC)c(CN(C(C)=O)c2ccccc2Oc2ccccc2)cc1[18F]. The lowest BCUT2D eigenvalue weighted by molar-refractivity contribution is -0.116. The number of carbonyl (C=O) groups excluding carboxylic acids is 1. The molecule has 0 saturated carbocycles. The molecule has 0 saturated heterocycles. The Bertz CT molecular complexity index is 991. The van der Waals surface area contributed by atoms with E-state index in [2.05, 4.69) is 0 Å². The maximum absolute atomic E-state index is 14.3. The van der Waals surface area contributed by atoms with Gasteiger partial charge in [-0.25, -0.2) is 4.39 Å². The van der Waals surface area contributed by atoms with E-state index in [-0.39, 0.29) is 18.2 Å². The van der Waals surface area contributed by atoms with Crippen LogP contribution in [-0.4, -0.2) is 20.1 Å². The van der Waals surface area contributed by atoms with E-state index in [0.717, 1.165) is 0 Å². The van der Waals surface area contributed by atoms with Crippen molar-refractivity contribution in [3.63, 3.8) is 0 Å². The van der Waals surface area contributed by atoms with E-state index in [4.69, 9.17) is 14.2 Å². The van der Waals surface area contributed by atoms with Crippen LogP contribution < -0.4 is 19.1 Å². The van der Waals surface area contributed by atoms with Gasteiger partial charge in [-0.3, -0.25) is 4.79 Å². The van der Waals surface area contributed by atoms with E-state index in [1.807, 2.05) is 42.5 Å². The number of methoxy groups -OCH3 is 2. The quantitative estimate of drug-likeness (QED) is 0.553. The van der Waals surface area contributed by atoms with Crippen molar-refractivity contribution >= 4 is 11.6 Å². The summed E-state index contributed by atoms with van der Waals surface area (Å²) in [4.78, 5) is 14.0. The standard InChI is InChI=1S/C23H22FNO4/c1-16(26)25(15-17-13-19(24)23(28-3)14-22(17)27-2)20-11-7-8-12-21(20)29-18-9-5-4-6-10-18/h4-14H,15H2,1-3H3/i24-1. The van der Waals surface area contributed by atoms with Crippen LogP contribution in [0.1, 0.15) is 12.5 Å². The van der Waals surface area contributed by atoms with Gasteiger partial charge in [0.15, 0.2) is 17.3 Å². The molecule has 0 N–H and O–H groups in total. The fraction of sp³-hybridized carbons (Fsp3) is 0.174. The van der Waals surface area contributed by atoms with E-state index in [1.165, 1.54) is 38.2 Å². The Kier molecular flexibility index (Phi) is 6.34. The summed E-state index contributed by atoms with van der Waals surface area (Å²) >= 11 is 0. The summed E-state index contributed by atoms with van der Waals surface area (Å²) in [6.07, 6.45) is 0. The average molecular weight is 394 g/mol. The van der Waals surface area contributed by atoms with Crippen molar-refractivity contribution in [1.82, 2.24) is 0 Å². The van der Waals surface area contributed by atoms with Crippen LogP contribution in [0.4, 0.5) is 10.1 Å². The summed E-state index contributed by atoms with van der Waals surface area (Å²) < 4.78 is 30.6. The van der Waals surface area contributed by atoms with Crippen molar-refractivity contribution in [1.29, 1.82) is 0 Å². The number of amides is 1. The van der Waals surface area contributed by atoms with Gasteiger partial charge in [0.25, 0.3) is 0 Å². The highest BCUT2D eigenvalue weighted by atomic mass is 18.2. The molecule has 0 radical (unpaired) electrons. The minimum absolute atomic E-state index is 0.0767. The van der Waals surface area contributed by atoms with Crippen molar-refractivity contribution in [2.24, 2.45) is 0 Å². The molecule has 0 aliphatic heterocycles. The highest BCUT2D eigenvalue weighted by Crippen LogP contribution is 2.35. The lowest BCUT2D eigenvalue weighted by Gasteiger charge is -2.25. The largest absolute Gasteiger partial charge is 0.496 e. The lowest BCUT2D eigenvalue weighted by atomic mass is 10.1. The summed E-state index contributed by atoms with van der Waals surface area (Å²) in [5.41, 5.74) is 1.08. The molecule has 0 fully saturated rings. The third-order valence-electron chi connectivity index (χ3n) is 4.39. The van der Waals surface area contributed by atoms with Crippen LogP contribution in [-0.2, 0) is 11.3 Å². The van der Waals surface area contributed by atoms with E-state index in [9.17, 15) is 9.18 Å². The van der Waals surface area contributed by atoms with E-state index < -0.39 is 5.82 Å². The number of carbonyl (C=O) groups is 1. The molecular formula is C23H22FNO4. The number of rotatable bonds is 7. The molecule has 150 valence electrons. The number of nitrogens with zero attached hydrogens (tertiary/aromatic N) is 1. The second-order valence-corrected chi connectivity index (χ2v) is 6.29. The van der Waals surface area contributed by atoms with E-state index in [0.29, 0.717) is 28.5 Å². The minimum Gasteiger partial charge on any atom is -0.496 e. The summed E-state index contributed by atoms with van der Waals surface area (Å²) in [7, 11) is 2.87. The van der Waals surface area contributed by atoms with Crippen molar-refractivity contribution < 1.29 is 23.4 Å². The van der Waals surface area contributed by atoms with Crippen molar-refractivity contribution in [3.05, 3.63) is 78.1 Å². The molecule has 5 nitrogen and oxygen atoms in total. The van der Waals surface area contributed by atoms with Gasteiger partial charge in [0.2, 0.25) is 5.91 Å². The van der Waals surface area contributed by atoms with Crippen LogP contribution >= 0.6 is 0 Å². The predicted octanol–water partition coefficient (Wildman–Crippen LogP) is 5.19. The van der Waals surface area contributed by atoms with Crippen LogP contribution in [0.2, 0.25) is 0 Å². The van der Waals surface area contributed by atoms with Gasteiger partial charge in [-0.15, -0.1) is 0 Å². The fourth-order valence-corrected chi connectivity index (χ4v) is 2.96. The van der Waals surface area contributed by atoms with Gasteiger partial charge in [0, 0.05) is 18.6 Å². The van der Waals surface area contributed by atoms with Gasteiger partial charge in [-0.1, -0.05) is 30.3 Å². The Morgan fingerprint density at radius 1 is 0.897 bits per heavy atom. The minimum atomic E-state index is -0.527. The summed E-state index contributed by atoms with van der Waals surface area (Å²) in [6, 6.07) is 19.3. The monoisotopic (exact) mass is 394 g/mol. The molecule has 29 heavy (non-hydrogen) atoms. The summed E-state index contributed by atoms with van der Waals surface area (Å²) in [6.45, 7) is 1.56. The lowest BCUT2D eigenvalue weighted by Crippen LogP contribution is -2.28. The Hall–Kier alpha value is -3.54. The summed E-state index contributed by atoms with van der Waals surface area (Å²) in [5, 5.41) is 0. The van der Waals surface area contributed by atoms with Gasteiger partial charge >= 0.3 is 0 Å². The molecule has 6 heteroatoms. The van der Waals surface area contributed by atoms with Crippen molar-refractivity contribution in [2.75, 3.05) is 19.1 Å². The first-order valence-electron chi connectivity index (χ1n) is 9.04. The number of hydrogen-bond acceptors (Lipinski definition) is 4. The van der Waals surface area contributed by atoms with Gasteiger partial charge < -0.3 is 19.1 Å². The Labute approximate surface area is 169 Å². The van der Waals surface area contributed by atoms with Crippen LogP contribution in [0.25, 0.3) is 0 Å². The Morgan fingerprint density at radius 3 is 2.21 bits per heavy atom. The molecule has 0 aliphatic carbocycles. The topological polar surface area (TPSA) is 48.0 Å². The number of para-hydroxylation sites is 3. The Morgan fingerprint density at radius 2 is 1.55 bits per heavy atom. The molecular weight excluding hydrogens is 372 g/mol. The number of halogens is 1. The number of benzene rings is 3. The molecule has 0 unspecified atom stereocenters. The fourth-order valence-electron chi connectivity index (χ4n) is 2.96. The first-order chi connectivity index (χ1) is 14.0. The molecule has 0 aliphatic rings. The van der Waals surface area contributed by atoms with Gasteiger partial charge in [0.05, 0.1) is 26.5 Å². The average Bonchev–Trinajstić information content (AvgIpc) is 2.73. The number of ether oxygens (including phenoxy) is 3. The highest BCUT2D eigenvalue weighted by Gasteiger charge is 2.20. The second kappa shape index (κ2) is 9.10. The predicted molar refractivity (Wildman–Crippen MR) is 109 cm³/mol. The van der Waals surface area contributed by atoms with Crippen LogP contribution in [0.3, 0.4) is 0 Å². The zero-order valence-corrected chi connectivity index (χ0v) is 16.5. The third kappa shape index (κ3) is 4.66. The van der Waals surface area contributed by atoms with Crippen molar-refractivity contribution in [3.8, 4) is 23.0 Å². The molecule has 1 amide bonds. The van der Waals surface area contributed by atoms with Crippen LogP contribution in [0.5, 0.6) is 23.0 Å². The number of anilines is 1. The second-order valence-electron chi connectivity index (χ2n) is 6.29. The highest BCUT2D eigenvalue weighted by molar-refractivity contribution is 5.93. The molecule has 0 heterocycles. The molecule has 0 atom stereocenters. The molecule has 3 rings (SSSR count). The third-order valence-corrected chi connectivity index (χ3v) is 4.39. The first-order valence-corrected chi connectivity index (χ1v) is 9.04. The molecule has 3 aromatic carbocycles. The normalized spacial score (nSPS) is 10.3. The maximum Gasteiger partial charge on any atom is 0.224 e. The van der Waals surface area contributed by atoms with Gasteiger partial charge in [-0.2, -0.15) is 0 Å². The zero-order valence-electron chi connectivity index (χ0n) is 16.5. The zero-order chi connectivity index (χ0) is 20.8. The number of hydrogen-bond donors (Lipinski definition) is 0. The van der Waals surface area contributed by atoms with Gasteiger partial charge in [0.1, 0.15) is 11.5 Å². The van der Waals surface area contributed by atoms with Gasteiger partial charge in [-0.05, 0) is 30.3 Å². The van der Waals surface area contributed by atoms with E-state index in [1.54, 1.807) is 12.1 Å². The smallest absolute Gasteiger partial charge is 0.224 e. The van der Waals surface area contributed by atoms with E-state index >= 15 is 0 Å².